The van der Waals surface area contributed by atoms with Crippen LogP contribution in [-0.4, -0.2) is 24.5 Å². The average molecular weight is 282 g/mol. The van der Waals surface area contributed by atoms with Gasteiger partial charge in [0.05, 0.1) is 0 Å². The van der Waals surface area contributed by atoms with Crippen molar-refractivity contribution >= 4 is 0 Å². The summed E-state index contributed by atoms with van der Waals surface area (Å²) in [6, 6.07) is 6.75. The predicted molar refractivity (Wildman–Crippen MR) is 77.7 cm³/mol. The SMILES string of the molecule is CC1CC(C)CN(C(CN)c2ccc(C(F)F)cc2)C1. The Hall–Kier alpha value is -1.00. The number of piperidine rings is 1. The van der Waals surface area contributed by atoms with Gasteiger partial charge >= 0.3 is 0 Å². The second kappa shape index (κ2) is 6.64. The molecular weight excluding hydrogens is 258 g/mol. The van der Waals surface area contributed by atoms with Crippen LogP contribution in [0.4, 0.5) is 8.78 Å². The normalized spacial score (nSPS) is 25.9. The Balaban J connectivity index is 2.14. The zero-order valence-corrected chi connectivity index (χ0v) is 12.2. The van der Waals surface area contributed by atoms with Crippen molar-refractivity contribution in [2.24, 2.45) is 17.6 Å². The molecule has 0 amide bonds. The van der Waals surface area contributed by atoms with Gasteiger partial charge in [-0.2, -0.15) is 0 Å². The van der Waals surface area contributed by atoms with Gasteiger partial charge in [0, 0.05) is 31.2 Å². The van der Waals surface area contributed by atoms with E-state index in [1.807, 2.05) is 0 Å². The van der Waals surface area contributed by atoms with Crippen LogP contribution in [0.1, 0.15) is 43.9 Å². The monoisotopic (exact) mass is 282 g/mol. The molecule has 1 heterocycles. The van der Waals surface area contributed by atoms with E-state index in [0.717, 1.165) is 18.7 Å². The molecule has 2 rings (SSSR count). The Bertz CT molecular complexity index is 409. The highest BCUT2D eigenvalue weighted by Crippen LogP contribution is 2.29. The van der Waals surface area contributed by atoms with Gasteiger partial charge in [-0.1, -0.05) is 38.1 Å². The van der Waals surface area contributed by atoms with E-state index in [4.69, 9.17) is 5.73 Å². The van der Waals surface area contributed by atoms with Gasteiger partial charge in [0.2, 0.25) is 0 Å². The summed E-state index contributed by atoms with van der Waals surface area (Å²) in [5.74, 6) is 1.32. The van der Waals surface area contributed by atoms with Crippen LogP contribution in [0.2, 0.25) is 0 Å². The maximum Gasteiger partial charge on any atom is 0.263 e. The van der Waals surface area contributed by atoms with Crippen molar-refractivity contribution in [2.75, 3.05) is 19.6 Å². The van der Waals surface area contributed by atoms with E-state index in [9.17, 15) is 8.78 Å². The number of halogens is 2. The Labute approximate surface area is 120 Å². The molecule has 0 bridgehead atoms. The Kier molecular flexibility index (Phi) is 5.11. The molecule has 1 aromatic carbocycles. The minimum absolute atomic E-state index is 0.0740. The smallest absolute Gasteiger partial charge is 0.263 e. The predicted octanol–water partition coefficient (Wildman–Crippen LogP) is 3.60. The fraction of sp³-hybridized carbons (Fsp3) is 0.625. The van der Waals surface area contributed by atoms with Crippen LogP contribution in [-0.2, 0) is 0 Å². The molecule has 3 atom stereocenters. The van der Waals surface area contributed by atoms with Gasteiger partial charge in [0.25, 0.3) is 6.43 Å². The number of rotatable bonds is 4. The van der Waals surface area contributed by atoms with Gasteiger partial charge < -0.3 is 5.73 Å². The number of likely N-dealkylation sites (tertiary alicyclic amines) is 1. The van der Waals surface area contributed by atoms with Crippen LogP contribution in [0.3, 0.4) is 0 Å². The van der Waals surface area contributed by atoms with Crippen molar-refractivity contribution < 1.29 is 8.78 Å². The summed E-state index contributed by atoms with van der Waals surface area (Å²) in [6.45, 7) is 7.10. The molecule has 1 aliphatic heterocycles. The largest absolute Gasteiger partial charge is 0.329 e. The molecule has 112 valence electrons. The molecule has 2 N–H and O–H groups in total. The molecule has 2 nitrogen and oxygen atoms in total. The summed E-state index contributed by atoms with van der Waals surface area (Å²) in [6.07, 6.45) is -1.16. The van der Waals surface area contributed by atoms with Crippen LogP contribution in [0.15, 0.2) is 24.3 Å². The van der Waals surface area contributed by atoms with Gasteiger partial charge in [0.15, 0.2) is 0 Å². The van der Waals surface area contributed by atoms with Crippen LogP contribution in [0.25, 0.3) is 0 Å². The summed E-state index contributed by atoms with van der Waals surface area (Å²) in [4.78, 5) is 2.40. The van der Waals surface area contributed by atoms with Gasteiger partial charge in [0.1, 0.15) is 0 Å². The van der Waals surface area contributed by atoms with Gasteiger partial charge in [-0.3, -0.25) is 4.90 Å². The minimum atomic E-state index is -2.41. The van der Waals surface area contributed by atoms with Gasteiger partial charge in [-0.25, -0.2) is 8.78 Å². The van der Waals surface area contributed by atoms with Crippen LogP contribution < -0.4 is 5.73 Å². The van der Waals surface area contributed by atoms with E-state index in [0.29, 0.717) is 18.4 Å². The Morgan fingerprint density at radius 1 is 1.10 bits per heavy atom. The van der Waals surface area contributed by atoms with E-state index in [1.54, 1.807) is 12.1 Å². The zero-order valence-electron chi connectivity index (χ0n) is 12.2. The summed E-state index contributed by atoms with van der Waals surface area (Å²) in [5.41, 5.74) is 7.05. The third kappa shape index (κ3) is 3.55. The van der Waals surface area contributed by atoms with Crippen molar-refractivity contribution in [3.63, 3.8) is 0 Å². The molecule has 0 spiro atoms. The molecule has 0 aliphatic carbocycles. The maximum absolute atomic E-state index is 12.6. The fourth-order valence-corrected chi connectivity index (χ4v) is 3.33. The summed E-state index contributed by atoms with van der Waals surface area (Å²) in [7, 11) is 0. The molecule has 1 saturated heterocycles. The molecule has 20 heavy (non-hydrogen) atoms. The standard InChI is InChI=1S/C16H24F2N2/c1-11-7-12(2)10-20(9-11)15(8-19)13-3-5-14(6-4-13)16(17)18/h3-6,11-12,15-16H,7-10,19H2,1-2H3. The lowest BCUT2D eigenvalue weighted by Gasteiger charge is -2.40. The van der Waals surface area contributed by atoms with Gasteiger partial charge in [-0.05, 0) is 23.8 Å². The third-order valence-electron chi connectivity index (χ3n) is 4.13. The molecule has 4 heteroatoms. The van der Waals surface area contributed by atoms with Crippen molar-refractivity contribution in [1.29, 1.82) is 0 Å². The minimum Gasteiger partial charge on any atom is -0.329 e. The lowest BCUT2D eigenvalue weighted by atomic mass is 9.89. The van der Waals surface area contributed by atoms with Crippen molar-refractivity contribution in [3.05, 3.63) is 35.4 Å². The molecule has 1 aromatic rings. The molecule has 1 fully saturated rings. The quantitative estimate of drug-likeness (QED) is 0.914. The first kappa shape index (κ1) is 15.4. The van der Waals surface area contributed by atoms with Crippen LogP contribution in [0, 0.1) is 11.8 Å². The van der Waals surface area contributed by atoms with Crippen LogP contribution >= 0.6 is 0 Å². The number of nitrogens with zero attached hydrogens (tertiary/aromatic N) is 1. The highest BCUT2D eigenvalue weighted by molar-refractivity contribution is 5.26. The second-order valence-electron chi connectivity index (χ2n) is 6.12. The lowest BCUT2D eigenvalue weighted by Crippen LogP contribution is -2.43. The number of benzene rings is 1. The Morgan fingerprint density at radius 3 is 2.05 bits per heavy atom. The van der Waals surface area contributed by atoms with E-state index in [1.165, 1.54) is 18.6 Å². The third-order valence-corrected chi connectivity index (χ3v) is 4.13. The van der Waals surface area contributed by atoms with Crippen molar-refractivity contribution in [2.45, 2.75) is 32.7 Å². The number of hydrogen-bond donors (Lipinski definition) is 1. The summed E-state index contributed by atoms with van der Waals surface area (Å²) < 4.78 is 25.2. The van der Waals surface area contributed by atoms with E-state index < -0.39 is 6.43 Å². The van der Waals surface area contributed by atoms with Gasteiger partial charge in [-0.15, -0.1) is 0 Å². The molecular formula is C16H24F2N2. The zero-order chi connectivity index (χ0) is 14.7. The average Bonchev–Trinajstić information content (AvgIpc) is 2.39. The highest BCUT2D eigenvalue weighted by Gasteiger charge is 2.27. The van der Waals surface area contributed by atoms with E-state index in [2.05, 4.69) is 18.7 Å². The lowest BCUT2D eigenvalue weighted by molar-refractivity contribution is 0.0983. The number of alkyl halides is 2. The molecule has 0 radical (unpaired) electrons. The first-order valence-corrected chi connectivity index (χ1v) is 7.33. The summed E-state index contributed by atoms with van der Waals surface area (Å²) in [5, 5.41) is 0. The highest BCUT2D eigenvalue weighted by atomic mass is 19.3. The molecule has 0 saturated carbocycles. The van der Waals surface area contributed by atoms with Crippen molar-refractivity contribution in [1.82, 2.24) is 4.90 Å². The van der Waals surface area contributed by atoms with Crippen molar-refractivity contribution in [3.8, 4) is 0 Å². The summed E-state index contributed by atoms with van der Waals surface area (Å²) >= 11 is 0. The van der Waals surface area contributed by atoms with E-state index >= 15 is 0 Å². The van der Waals surface area contributed by atoms with E-state index in [-0.39, 0.29) is 11.6 Å². The van der Waals surface area contributed by atoms with Crippen LogP contribution in [0.5, 0.6) is 0 Å². The molecule has 1 aliphatic rings. The number of nitrogens with two attached hydrogens (primary N) is 1. The molecule has 3 unspecified atom stereocenters. The fourth-order valence-electron chi connectivity index (χ4n) is 3.33. The maximum atomic E-state index is 12.6. The number of hydrogen-bond acceptors (Lipinski definition) is 2. The molecule has 0 aromatic heterocycles. The second-order valence-corrected chi connectivity index (χ2v) is 6.12. The first-order chi connectivity index (χ1) is 9.51. The first-order valence-electron chi connectivity index (χ1n) is 7.33. The topological polar surface area (TPSA) is 29.3 Å². The Morgan fingerprint density at radius 2 is 1.60 bits per heavy atom.